The van der Waals surface area contributed by atoms with E-state index < -0.39 is 6.10 Å². The smallest absolute Gasteiger partial charge is 0.122 e. The van der Waals surface area contributed by atoms with E-state index in [0.29, 0.717) is 12.1 Å². The van der Waals surface area contributed by atoms with Crippen molar-refractivity contribution >= 4 is 5.69 Å². The first-order chi connectivity index (χ1) is 8.70. The van der Waals surface area contributed by atoms with E-state index in [4.69, 9.17) is 10.5 Å². The maximum atomic E-state index is 10.2. The Bertz CT molecular complexity index is 525. The van der Waals surface area contributed by atoms with Crippen LogP contribution in [0.15, 0.2) is 48.5 Å². The van der Waals surface area contributed by atoms with Crippen molar-refractivity contribution in [2.24, 2.45) is 0 Å². The number of aliphatic hydroxyl groups excluding tert-OH is 1. The maximum absolute atomic E-state index is 10.2. The molecule has 0 aliphatic rings. The zero-order chi connectivity index (χ0) is 13.0. The molecule has 0 radical (unpaired) electrons. The highest BCUT2D eigenvalue weighted by Crippen LogP contribution is 2.25. The van der Waals surface area contributed by atoms with Gasteiger partial charge in [-0.05, 0) is 29.3 Å². The number of anilines is 1. The molecule has 3 heteroatoms. The van der Waals surface area contributed by atoms with E-state index in [1.165, 1.54) is 0 Å². The SMILES string of the molecule is COc1ccccc1CC(O)c1cccc(N)c1. The molecule has 0 heterocycles. The third kappa shape index (κ3) is 2.81. The van der Waals surface area contributed by atoms with E-state index in [1.807, 2.05) is 36.4 Å². The number of aliphatic hydroxyl groups is 1. The standard InChI is InChI=1S/C15H17NO2/c1-18-15-8-3-2-5-12(15)10-14(17)11-6-4-7-13(16)9-11/h2-9,14,17H,10,16H2,1H3. The first-order valence-corrected chi connectivity index (χ1v) is 5.86. The molecule has 2 aromatic rings. The number of methoxy groups -OCH3 is 1. The molecule has 0 spiro atoms. The van der Waals surface area contributed by atoms with Crippen molar-refractivity contribution in [1.29, 1.82) is 0 Å². The van der Waals surface area contributed by atoms with E-state index in [9.17, 15) is 5.11 Å². The molecule has 1 unspecified atom stereocenters. The Morgan fingerprint density at radius 1 is 1.17 bits per heavy atom. The summed E-state index contributed by atoms with van der Waals surface area (Å²) in [5.74, 6) is 0.792. The lowest BCUT2D eigenvalue weighted by Gasteiger charge is -2.14. The van der Waals surface area contributed by atoms with Gasteiger partial charge >= 0.3 is 0 Å². The lowest BCUT2D eigenvalue weighted by Crippen LogP contribution is -2.03. The van der Waals surface area contributed by atoms with Gasteiger partial charge in [-0.1, -0.05) is 30.3 Å². The van der Waals surface area contributed by atoms with Crippen LogP contribution in [0.25, 0.3) is 0 Å². The van der Waals surface area contributed by atoms with Crippen LogP contribution in [-0.2, 0) is 6.42 Å². The zero-order valence-corrected chi connectivity index (χ0v) is 10.3. The number of nitrogens with two attached hydrogens (primary N) is 1. The van der Waals surface area contributed by atoms with E-state index >= 15 is 0 Å². The number of benzene rings is 2. The first kappa shape index (κ1) is 12.5. The molecule has 3 N–H and O–H groups in total. The molecule has 2 rings (SSSR count). The molecule has 0 aliphatic heterocycles. The van der Waals surface area contributed by atoms with Gasteiger partial charge in [0.2, 0.25) is 0 Å². The Kier molecular flexibility index (Phi) is 3.85. The van der Waals surface area contributed by atoms with Crippen molar-refractivity contribution in [3.63, 3.8) is 0 Å². The van der Waals surface area contributed by atoms with Gasteiger partial charge in [-0.15, -0.1) is 0 Å². The summed E-state index contributed by atoms with van der Waals surface area (Å²) in [5, 5.41) is 10.2. The van der Waals surface area contributed by atoms with Crippen LogP contribution in [0.1, 0.15) is 17.2 Å². The van der Waals surface area contributed by atoms with Crippen molar-refractivity contribution in [2.45, 2.75) is 12.5 Å². The minimum absolute atomic E-state index is 0.507. The van der Waals surface area contributed by atoms with Crippen molar-refractivity contribution in [3.05, 3.63) is 59.7 Å². The molecule has 0 aromatic heterocycles. The molecule has 3 nitrogen and oxygen atoms in total. The monoisotopic (exact) mass is 243 g/mol. The zero-order valence-electron chi connectivity index (χ0n) is 10.3. The Morgan fingerprint density at radius 3 is 2.67 bits per heavy atom. The maximum Gasteiger partial charge on any atom is 0.122 e. The van der Waals surface area contributed by atoms with Crippen LogP contribution in [-0.4, -0.2) is 12.2 Å². The summed E-state index contributed by atoms with van der Waals surface area (Å²) in [6.07, 6.45) is -0.0715. The quantitative estimate of drug-likeness (QED) is 0.811. The summed E-state index contributed by atoms with van der Waals surface area (Å²) < 4.78 is 5.27. The number of rotatable bonds is 4. The molecular formula is C15H17NO2. The molecule has 0 saturated carbocycles. The Morgan fingerprint density at radius 2 is 1.94 bits per heavy atom. The van der Waals surface area contributed by atoms with Crippen molar-refractivity contribution < 1.29 is 9.84 Å². The van der Waals surface area contributed by atoms with Gasteiger partial charge in [-0.25, -0.2) is 0 Å². The second kappa shape index (κ2) is 5.56. The first-order valence-electron chi connectivity index (χ1n) is 5.86. The van der Waals surface area contributed by atoms with Crippen LogP contribution in [0.5, 0.6) is 5.75 Å². The average molecular weight is 243 g/mol. The second-order valence-electron chi connectivity index (χ2n) is 4.20. The summed E-state index contributed by atoms with van der Waals surface area (Å²) in [6, 6.07) is 15.0. The van der Waals surface area contributed by atoms with Gasteiger partial charge in [0.15, 0.2) is 0 Å². The molecule has 2 aromatic carbocycles. The number of nitrogen functional groups attached to an aromatic ring is 1. The van der Waals surface area contributed by atoms with Gasteiger partial charge in [0, 0.05) is 12.1 Å². The molecule has 0 bridgehead atoms. The van der Waals surface area contributed by atoms with Crippen LogP contribution in [0.3, 0.4) is 0 Å². The van der Waals surface area contributed by atoms with Gasteiger partial charge in [0.05, 0.1) is 13.2 Å². The molecule has 0 saturated heterocycles. The number of ether oxygens (including phenoxy) is 1. The van der Waals surface area contributed by atoms with Crippen molar-refractivity contribution in [1.82, 2.24) is 0 Å². The Hall–Kier alpha value is -2.00. The van der Waals surface area contributed by atoms with Crippen LogP contribution < -0.4 is 10.5 Å². The third-order valence-electron chi connectivity index (χ3n) is 2.90. The molecule has 18 heavy (non-hydrogen) atoms. The van der Waals surface area contributed by atoms with Gasteiger partial charge in [0.1, 0.15) is 5.75 Å². The molecule has 0 fully saturated rings. The molecule has 0 aliphatic carbocycles. The number of hydrogen-bond acceptors (Lipinski definition) is 3. The fourth-order valence-electron chi connectivity index (χ4n) is 1.96. The molecule has 0 amide bonds. The van der Waals surface area contributed by atoms with Crippen LogP contribution >= 0.6 is 0 Å². The predicted molar refractivity (Wildman–Crippen MR) is 72.5 cm³/mol. The highest BCUT2D eigenvalue weighted by molar-refractivity contribution is 5.42. The normalized spacial score (nSPS) is 12.1. The highest BCUT2D eigenvalue weighted by atomic mass is 16.5. The Balaban J connectivity index is 2.18. The van der Waals surface area contributed by atoms with Gasteiger partial charge in [-0.2, -0.15) is 0 Å². The fraction of sp³-hybridized carbons (Fsp3) is 0.200. The topological polar surface area (TPSA) is 55.5 Å². The lowest BCUT2D eigenvalue weighted by atomic mass is 10.0. The van der Waals surface area contributed by atoms with Crippen molar-refractivity contribution in [3.8, 4) is 5.75 Å². The van der Waals surface area contributed by atoms with Crippen LogP contribution in [0.4, 0.5) is 5.69 Å². The van der Waals surface area contributed by atoms with E-state index in [1.54, 1.807) is 19.2 Å². The van der Waals surface area contributed by atoms with Gasteiger partial charge in [-0.3, -0.25) is 0 Å². The van der Waals surface area contributed by atoms with E-state index in [-0.39, 0.29) is 0 Å². The molecule has 94 valence electrons. The molecular weight excluding hydrogens is 226 g/mol. The number of para-hydroxylation sites is 1. The molecule has 1 atom stereocenters. The van der Waals surface area contributed by atoms with Gasteiger partial charge < -0.3 is 15.6 Å². The van der Waals surface area contributed by atoms with E-state index in [0.717, 1.165) is 16.9 Å². The largest absolute Gasteiger partial charge is 0.496 e. The van der Waals surface area contributed by atoms with Crippen molar-refractivity contribution in [2.75, 3.05) is 12.8 Å². The average Bonchev–Trinajstić information content (AvgIpc) is 2.39. The minimum Gasteiger partial charge on any atom is -0.496 e. The summed E-state index contributed by atoms with van der Waals surface area (Å²) >= 11 is 0. The lowest BCUT2D eigenvalue weighted by molar-refractivity contribution is 0.177. The highest BCUT2D eigenvalue weighted by Gasteiger charge is 2.11. The second-order valence-corrected chi connectivity index (χ2v) is 4.20. The van der Waals surface area contributed by atoms with Crippen LogP contribution in [0, 0.1) is 0 Å². The fourth-order valence-corrected chi connectivity index (χ4v) is 1.96. The minimum atomic E-state index is -0.579. The number of hydrogen-bond donors (Lipinski definition) is 2. The summed E-state index contributed by atoms with van der Waals surface area (Å²) in [6.45, 7) is 0. The van der Waals surface area contributed by atoms with E-state index in [2.05, 4.69) is 0 Å². The third-order valence-corrected chi connectivity index (χ3v) is 2.90. The summed E-state index contributed by atoms with van der Waals surface area (Å²) in [5.41, 5.74) is 8.17. The summed E-state index contributed by atoms with van der Waals surface area (Å²) in [4.78, 5) is 0. The predicted octanol–water partition coefficient (Wildman–Crippen LogP) is 2.55. The van der Waals surface area contributed by atoms with Crippen LogP contribution in [0.2, 0.25) is 0 Å². The Labute approximate surface area is 107 Å². The van der Waals surface area contributed by atoms with Gasteiger partial charge in [0.25, 0.3) is 0 Å². The summed E-state index contributed by atoms with van der Waals surface area (Å²) in [7, 11) is 1.63.